The number of ether oxygens (including phenoxy) is 1. The molecule has 148 valence electrons. The number of nitrogens with zero attached hydrogens (tertiary/aromatic N) is 1. The lowest BCUT2D eigenvalue weighted by Gasteiger charge is -2.39. The minimum Gasteiger partial charge on any atom is -0.490 e. The average Bonchev–Trinajstić information content (AvgIpc) is 2.81. The van der Waals surface area contributed by atoms with E-state index in [0.29, 0.717) is 37.4 Å². The number of carbonyl (C=O) groups is 1. The van der Waals surface area contributed by atoms with Crippen LogP contribution in [0.5, 0.6) is 5.75 Å². The highest BCUT2D eigenvalue weighted by atomic mass is 19.4. The van der Waals surface area contributed by atoms with Gasteiger partial charge in [0.1, 0.15) is 12.4 Å². The minimum absolute atomic E-state index is 0.0761. The SMILES string of the molecule is O=C1Nc2ccccc2OCC12CCN(Cc1ccccc1C(F)(F)F)CC2. The summed E-state index contributed by atoms with van der Waals surface area (Å²) in [6, 6.07) is 13.0. The normalized spacial score (nSPS) is 19.5. The fraction of sp³-hybridized carbons (Fsp3) is 0.381. The summed E-state index contributed by atoms with van der Waals surface area (Å²) in [5, 5.41) is 2.95. The van der Waals surface area contributed by atoms with E-state index in [0.717, 1.165) is 6.07 Å². The van der Waals surface area contributed by atoms with Crippen molar-refractivity contribution in [3.8, 4) is 5.75 Å². The monoisotopic (exact) mass is 390 g/mol. The van der Waals surface area contributed by atoms with Gasteiger partial charge in [0, 0.05) is 6.54 Å². The zero-order valence-electron chi connectivity index (χ0n) is 15.3. The lowest BCUT2D eigenvalue weighted by molar-refractivity contribution is -0.138. The smallest absolute Gasteiger partial charge is 0.416 e. The van der Waals surface area contributed by atoms with Crippen LogP contribution in [0.1, 0.15) is 24.0 Å². The zero-order chi connectivity index (χ0) is 19.8. The van der Waals surface area contributed by atoms with E-state index >= 15 is 0 Å². The maximum Gasteiger partial charge on any atom is 0.416 e. The van der Waals surface area contributed by atoms with Crippen LogP contribution in [0.25, 0.3) is 0 Å². The lowest BCUT2D eigenvalue weighted by Crippen LogP contribution is -2.48. The molecule has 4 nitrogen and oxygen atoms in total. The second-order valence-corrected chi connectivity index (χ2v) is 7.45. The Bertz CT molecular complexity index is 874. The highest BCUT2D eigenvalue weighted by molar-refractivity contribution is 5.97. The number of amides is 1. The molecule has 0 bridgehead atoms. The number of fused-ring (bicyclic) bond motifs is 1. The molecule has 0 atom stereocenters. The number of alkyl halides is 3. The number of likely N-dealkylation sites (tertiary alicyclic amines) is 1. The van der Waals surface area contributed by atoms with Gasteiger partial charge in [0.2, 0.25) is 5.91 Å². The first-order valence-electron chi connectivity index (χ1n) is 9.28. The van der Waals surface area contributed by atoms with Crippen molar-refractivity contribution in [2.45, 2.75) is 25.6 Å². The standard InChI is InChI=1S/C21H21F3N2O2/c22-21(23,24)16-6-2-1-5-15(16)13-26-11-9-20(10-12-26)14-28-18-8-4-3-7-17(18)25-19(20)27/h1-8H,9-14H2,(H,25,27). The van der Waals surface area contributed by atoms with Gasteiger partial charge >= 0.3 is 6.18 Å². The third-order valence-electron chi connectivity index (χ3n) is 5.65. The summed E-state index contributed by atoms with van der Waals surface area (Å²) >= 11 is 0. The molecule has 0 aromatic heterocycles. The zero-order valence-corrected chi connectivity index (χ0v) is 15.3. The number of piperidine rings is 1. The summed E-state index contributed by atoms with van der Waals surface area (Å²) in [5.41, 5.74) is -0.328. The third-order valence-corrected chi connectivity index (χ3v) is 5.65. The average molecular weight is 390 g/mol. The molecule has 0 aliphatic carbocycles. The van der Waals surface area contributed by atoms with Gasteiger partial charge in [0.25, 0.3) is 0 Å². The number of para-hydroxylation sites is 2. The number of carbonyl (C=O) groups excluding carboxylic acids is 1. The van der Waals surface area contributed by atoms with Crippen LogP contribution in [0.4, 0.5) is 18.9 Å². The van der Waals surface area contributed by atoms with Crippen LogP contribution in [0, 0.1) is 5.41 Å². The third kappa shape index (κ3) is 3.58. The van der Waals surface area contributed by atoms with Gasteiger partial charge in [-0.1, -0.05) is 30.3 Å². The molecule has 1 saturated heterocycles. The van der Waals surface area contributed by atoms with Crippen LogP contribution < -0.4 is 10.1 Å². The molecular formula is C21H21F3N2O2. The highest BCUT2D eigenvalue weighted by Crippen LogP contribution is 2.39. The van der Waals surface area contributed by atoms with Crippen molar-refractivity contribution in [1.82, 2.24) is 4.90 Å². The van der Waals surface area contributed by atoms with Crippen molar-refractivity contribution < 1.29 is 22.7 Å². The highest BCUT2D eigenvalue weighted by Gasteiger charge is 2.44. The van der Waals surface area contributed by atoms with Crippen LogP contribution in [0.15, 0.2) is 48.5 Å². The largest absolute Gasteiger partial charge is 0.490 e. The van der Waals surface area contributed by atoms with Gasteiger partial charge in [-0.05, 0) is 49.7 Å². The fourth-order valence-corrected chi connectivity index (χ4v) is 3.92. The quantitative estimate of drug-likeness (QED) is 0.831. The predicted octanol–water partition coefficient (Wildman–Crippen LogP) is 4.32. The van der Waals surface area contributed by atoms with Crippen LogP contribution in [0.3, 0.4) is 0 Å². The minimum atomic E-state index is -4.37. The molecule has 2 aromatic carbocycles. The number of anilines is 1. The first kappa shape index (κ1) is 18.8. The number of nitrogens with one attached hydrogen (secondary N) is 1. The van der Waals surface area contributed by atoms with Gasteiger partial charge in [-0.15, -0.1) is 0 Å². The fourth-order valence-electron chi connectivity index (χ4n) is 3.92. The molecule has 2 aliphatic heterocycles. The van der Waals surface area contributed by atoms with E-state index in [2.05, 4.69) is 5.32 Å². The van der Waals surface area contributed by atoms with Gasteiger partial charge < -0.3 is 10.1 Å². The first-order chi connectivity index (χ1) is 13.4. The number of hydrogen-bond acceptors (Lipinski definition) is 3. The molecule has 28 heavy (non-hydrogen) atoms. The Morgan fingerprint density at radius 3 is 2.46 bits per heavy atom. The Hall–Kier alpha value is -2.54. The lowest BCUT2D eigenvalue weighted by atomic mass is 9.78. The van der Waals surface area contributed by atoms with E-state index in [4.69, 9.17) is 4.74 Å². The number of halogens is 3. The van der Waals surface area contributed by atoms with Crippen molar-refractivity contribution in [2.24, 2.45) is 5.41 Å². The molecule has 1 N–H and O–H groups in total. The molecule has 1 amide bonds. The van der Waals surface area contributed by atoms with E-state index in [-0.39, 0.29) is 24.6 Å². The number of hydrogen-bond donors (Lipinski definition) is 1. The Balaban J connectivity index is 1.45. The van der Waals surface area contributed by atoms with Crippen LogP contribution in [-0.4, -0.2) is 30.5 Å². The van der Waals surface area contributed by atoms with Gasteiger partial charge in [-0.3, -0.25) is 9.69 Å². The van der Waals surface area contributed by atoms with Gasteiger partial charge in [-0.25, -0.2) is 0 Å². The summed E-state index contributed by atoms with van der Waals surface area (Å²) < 4.78 is 45.6. The van der Waals surface area contributed by atoms with E-state index in [9.17, 15) is 18.0 Å². The summed E-state index contributed by atoms with van der Waals surface area (Å²) in [4.78, 5) is 14.8. The van der Waals surface area contributed by atoms with E-state index < -0.39 is 17.2 Å². The number of benzene rings is 2. The molecule has 0 radical (unpaired) electrons. The topological polar surface area (TPSA) is 41.6 Å². The molecule has 2 heterocycles. The molecule has 2 aromatic rings. The molecular weight excluding hydrogens is 369 g/mol. The Labute approximate surface area is 161 Å². The maximum absolute atomic E-state index is 13.2. The van der Waals surface area contributed by atoms with Crippen molar-refractivity contribution in [3.05, 3.63) is 59.7 Å². The van der Waals surface area contributed by atoms with Gasteiger partial charge in [-0.2, -0.15) is 13.2 Å². The molecule has 7 heteroatoms. The molecule has 1 spiro atoms. The van der Waals surface area contributed by atoms with E-state index in [1.54, 1.807) is 12.1 Å². The molecule has 2 aliphatic rings. The molecule has 4 rings (SSSR count). The number of rotatable bonds is 2. The van der Waals surface area contributed by atoms with Gasteiger partial charge in [0.15, 0.2) is 0 Å². The first-order valence-corrected chi connectivity index (χ1v) is 9.28. The predicted molar refractivity (Wildman–Crippen MR) is 99.0 cm³/mol. The summed E-state index contributed by atoms with van der Waals surface area (Å²) in [6.45, 7) is 1.58. The van der Waals surface area contributed by atoms with E-state index in [1.165, 1.54) is 12.1 Å². The second kappa shape index (κ2) is 7.13. The summed E-state index contributed by atoms with van der Waals surface area (Å²) in [6.07, 6.45) is -3.28. The Morgan fingerprint density at radius 1 is 1.04 bits per heavy atom. The van der Waals surface area contributed by atoms with Gasteiger partial charge in [0.05, 0.1) is 16.7 Å². The Morgan fingerprint density at radius 2 is 1.71 bits per heavy atom. The molecule has 1 fully saturated rings. The van der Waals surface area contributed by atoms with Crippen molar-refractivity contribution in [2.75, 3.05) is 25.0 Å². The van der Waals surface area contributed by atoms with Crippen LogP contribution >= 0.6 is 0 Å². The van der Waals surface area contributed by atoms with Crippen molar-refractivity contribution in [3.63, 3.8) is 0 Å². The maximum atomic E-state index is 13.2. The van der Waals surface area contributed by atoms with Crippen LogP contribution in [-0.2, 0) is 17.5 Å². The molecule has 0 saturated carbocycles. The molecule has 0 unspecified atom stereocenters. The summed E-state index contributed by atoms with van der Waals surface area (Å²) in [7, 11) is 0. The van der Waals surface area contributed by atoms with Crippen molar-refractivity contribution in [1.29, 1.82) is 0 Å². The van der Waals surface area contributed by atoms with Crippen molar-refractivity contribution >= 4 is 11.6 Å². The Kier molecular flexibility index (Phi) is 4.79. The summed E-state index contributed by atoms with van der Waals surface area (Å²) in [5.74, 6) is 0.571. The van der Waals surface area contributed by atoms with Crippen LogP contribution in [0.2, 0.25) is 0 Å². The van der Waals surface area contributed by atoms with E-state index in [1.807, 2.05) is 23.1 Å². The second-order valence-electron chi connectivity index (χ2n) is 7.45.